The fourth-order valence-corrected chi connectivity index (χ4v) is 3.43. The minimum Gasteiger partial charge on any atom is -0.344 e. The van der Waals surface area contributed by atoms with Crippen molar-refractivity contribution in [2.24, 2.45) is 5.73 Å². The van der Waals surface area contributed by atoms with Crippen LogP contribution in [0.1, 0.15) is 23.5 Å². The van der Waals surface area contributed by atoms with Gasteiger partial charge in [-0.2, -0.15) is 0 Å². The van der Waals surface area contributed by atoms with Gasteiger partial charge in [0, 0.05) is 16.2 Å². The van der Waals surface area contributed by atoms with Gasteiger partial charge < -0.3 is 10.7 Å². The van der Waals surface area contributed by atoms with Gasteiger partial charge in [0.2, 0.25) is 0 Å². The Labute approximate surface area is 111 Å². The van der Waals surface area contributed by atoms with Crippen molar-refractivity contribution in [3.8, 4) is 11.3 Å². The molecule has 1 aliphatic rings. The predicted molar refractivity (Wildman–Crippen MR) is 75.7 cm³/mol. The van der Waals surface area contributed by atoms with Crippen molar-refractivity contribution >= 4 is 11.8 Å². The number of aromatic amines is 1. The molecule has 3 rings (SSSR count). The molecule has 3 nitrogen and oxygen atoms in total. The van der Waals surface area contributed by atoms with Crippen LogP contribution < -0.4 is 5.73 Å². The van der Waals surface area contributed by atoms with E-state index in [1.54, 1.807) is 0 Å². The molecule has 0 aliphatic carbocycles. The van der Waals surface area contributed by atoms with Gasteiger partial charge in [-0.25, -0.2) is 4.98 Å². The first kappa shape index (κ1) is 11.8. The Bertz CT molecular complexity index is 574. The molecule has 0 saturated carbocycles. The molecule has 1 aromatic heterocycles. The van der Waals surface area contributed by atoms with Gasteiger partial charge >= 0.3 is 0 Å². The SMILES string of the molecule is Cc1[nH]c(CN)nc1-c1ccc2c(c1)CCCS2. The molecule has 0 amide bonds. The summed E-state index contributed by atoms with van der Waals surface area (Å²) in [7, 11) is 0. The summed E-state index contributed by atoms with van der Waals surface area (Å²) in [5, 5.41) is 0. The number of nitrogens with one attached hydrogen (secondary N) is 1. The number of hydrogen-bond donors (Lipinski definition) is 2. The number of nitrogens with two attached hydrogens (primary N) is 1. The van der Waals surface area contributed by atoms with E-state index in [4.69, 9.17) is 5.73 Å². The zero-order valence-corrected chi connectivity index (χ0v) is 11.3. The fraction of sp³-hybridized carbons (Fsp3) is 0.357. The van der Waals surface area contributed by atoms with Crippen molar-refractivity contribution in [3.05, 3.63) is 35.3 Å². The Hall–Kier alpha value is -1.26. The third-order valence-electron chi connectivity index (χ3n) is 3.31. The molecule has 0 fully saturated rings. The van der Waals surface area contributed by atoms with Crippen LogP contribution in [0.3, 0.4) is 0 Å². The molecule has 1 aliphatic heterocycles. The van der Waals surface area contributed by atoms with Crippen molar-refractivity contribution in [1.82, 2.24) is 9.97 Å². The summed E-state index contributed by atoms with van der Waals surface area (Å²) < 4.78 is 0. The number of aryl methyl sites for hydroxylation is 2. The molecule has 0 radical (unpaired) electrons. The maximum atomic E-state index is 5.62. The van der Waals surface area contributed by atoms with Crippen LogP contribution in [0, 0.1) is 6.92 Å². The third kappa shape index (κ3) is 2.06. The molecule has 2 aromatic rings. The van der Waals surface area contributed by atoms with E-state index in [2.05, 4.69) is 35.1 Å². The van der Waals surface area contributed by atoms with Gasteiger partial charge in [-0.1, -0.05) is 6.07 Å². The molecule has 0 spiro atoms. The van der Waals surface area contributed by atoms with Crippen LogP contribution in [0.4, 0.5) is 0 Å². The van der Waals surface area contributed by atoms with Crippen LogP contribution in [0.5, 0.6) is 0 Å². The largest absolute Gasteiger partial charge is 0.344 e. The number of fused-ring (bicyclic) bond motifs is 1. The summed E-state index contributed by atoms with van der Waals surface area (Å²) >= 11 is 1.96. The first-order valence-corrected chi connectivity index (χ1v) is 7.28. The van der Waals surface area contributed by atoms with E-state index in [0.717, 1.165) is 17.2 Å². The number of benzene rings is 1. The monoisotopic (exact) mass is 259 g/mol. The standard InChI is InChI=1S/C14H17N3S/c1-9-14(17-13(8-15)16-9)11-4-5-12-10(7-11)3-2-6-18-12/h4-5,7H,2-3,6,8,15H2,1H3,(H,16,17). The maximum Gasteiger partial charge on any atom is 0.120 e. The summed E-state index contributed by atoms with van der Waals surface area (Å²) in [6.45, 7) is 2.51. The van der Waals surface area contributed by atoms with Crippen LogP contribution >= 0.6 is 11.8 Å². The van der Waals surface area contributed by atoms with Crippen LogP contribution in [0.2, 0.25) is 0 Å². The fourth-order valence-electron chi connectivity index (χ4n) is 2.41. The number of aromatic nitrogens is 2. The van der Waals surface area contributed by atoms with E-state index in [-0.39, 0.29) is 0 Å². The molecule has 0 saturated heterocycles. The lowest BCUT2D eigenvalue weighted by atomic mass is 10.0. The molecule has 94 valence electrons. The van der Waals surface area contributed by atoms with Gasteiger partial charge in [0.05, 0.1) is 12.2 Å². The normalized spacial score (nSPS) is 14.6. The number of thioether (sulfide) groups is 1. The molecule has 0 atom stereocenters. The zero-order valence-electron chi connectivity index (χ0n) is 10.5. The van der Waals surface area contributed by atoms with Crippen LogP contribution in [0.25, 0.3) is 11.3 Å². The van der Waals surface area contributed by atoms with E-state index in [9.17, 15) is 0 Å². The Kier molecular flexibility index (Phi) is 3.14. The van der Waals surface area contributed by atoms with Gasteiger partial charge in [0.25, 0.3) is 0 Å². The number of imidazole rings is 1. The molecule has 3 N–H and O–H groups in total. The molecule has 4 heteroatoms. The van der Waals surface area contributed by atoms with Crippen LogP contribution in [-0.4, -0.2) is 15.7 Å². The molecule has 0 unspecified atom stereocenters. The Morgan fingerprint density at radius 3 is 3.11 bits per heavy atom. The predicted octanol–water partition coefficient (Wildman–Crippen LogP) is 2.88. The van der Waals surface area contributed by atoms with Crippen molar-refractivity contribution in [1.29, 1.82) is 0 Å². The Morgan fingerprint density at radius 2 is 2.33 bits per heavy atom. The lowest BCUT2D eigenvalue weighted by molar-refractivity contribution is 0.890. The van der Waals surface area contributed by atoms with Gasteiger partial charge in [-0.05, 0) is 43.2 Å². The van der Waals surface area contributed by atoms with E-state index >= 15 is 0 Å². The summed E-state index contributed by atoms with van der Waals surface area (Å²) in [6, 6.07) is 6.68. The molecule has 1 aromatic carbocycles. The van der Waals surface area contributed by atoms with Gasteiger partial charge in [-0.15, -0.1) is 11.8 Å². The van der Waals surface area contributed by atoms with E-state index in [1.165, 1.54) is 34.6 Å². The molecular weight excluding hydrogens is 242 g/mol. The Morgan fingerprint density at radius 1 is 1.44 bits per heavy atom. The quantitative estimate of drug-likeness (QED) is 0.872. The first-order valence-electron chi connectivity index (χ1n) is 6.29. The first-order chi connectivity index (χ1) is 8.78. The van der Waals surface area contributed by atoms with Gasteiger partial charge in [0.15, 0.2) is 0 Å². The van der Waals surface area contributed by atoms with Crippen LogP contribution in [0.15, 0.2) is 23.1 Å². The Balaban J connectivity index is 2.03. The average molecular weight is 259 g/mol. The van der Waals surface area contributed by atoms with Crippen molar-refractivity contribution in [3.63, 3.8) is 0 Å². The van der Waals surface area contributed by atoms with Crippen LogP contribution in [-0.2, 0) is 13.0 Å². The molecule has 18 heavy (non-hydrogen) atoms. The highest BCUT2D eigenvalue weighted by Gasteiger charge is 2.13. The lowest BCUT2D eigenvalue weighted by Gasteiger charge is -2.15. The highest BCUT2D eigenvalue weighted by atomic mass is 32.2. The summed E-state index contributed by atoms with van der Waals surface area (Å²) in [5.41, 5.74) is 10.4. The molecular formula is C14H17N3S. The topological polar surface area (TPSA) is 54.7 Å². The van der Waals surface area contributed by atoms with E-state index in [0.29, 0.717) is 6.54 Å². The second-order valence-corrected chi connectivity index (χ2v) is 5.77. The van der Waals surface area contributed by atoms with Crippen molar-refractivity contribution in [2.75, 3.05) is 5.75 Å². The minimum atomic E-state index is 0.460. The van der Waals surface area contributed by atoms with Crippen molar-refractivity contribution < 1.29 is 0 Å². The number of H-pyrrole nitrogens is 1. The summed E-state index contributed by atoms with van der Waals surface area (Å²) in [5.74, 6) is 2.10. The number of nitrogens with zero attached hydrogens (tertiary/aromatic N) is 1. The zero-order chi connectivity index (χ0) is 12.5. The minimum absolute atomic E-state index is 0.460. The second-order valence-electron chi connectivity index (χ2n) is 4.64. The van der Waals surface area contributed by atoms with Crippen molar-refractivity contribution in [2.45, 2.75) is 31.2 Å². The van der Waals surface area contributed by atoms with Gasteiger partial charge in [-0.3, -0.25) is 0 Å². The lowest BCUT2D eigenvalue weighted by Crippen LogP contribution is -1.99. The van der Waals surface area contributed by atoms with Gasteiger partial charge in [0.1, 0.15) is 5.82 Å². The smallest absolute Gasteiger partial charge is 0.120 e. The number of rotatable bonds is 2. The summed E-state index contributed by atoms with van der Waals surface area (Å²) in [4.78, 5) is 9.22. The highest BCUT2D eigenvalue weighted by molar-refractivity contribution is 7.99. The maximum absolute atomic E-state index is 5.62. The van der Waals surface area contributed by atoms with E-state index in [1.807, 2.05) is 11.8 Å². The number of hydrogen-bond acceptors (Lipinski definition) is 3. The molecule has 2 heterocycles. The summed E-state index contributed by atoms with van der Waals surface area (Å²) in [6.07, 6.45) is 2.46. The highest BCUT2D eigenvalue weighted by Crippen LogP contribution is 2.33. The average Bonchev–Trinajstić information content (AvgIpc) is 2.79. The second kappa shape index (κ2) is 4.78. The van der Waals surface area contributed by atoms with E-state index < -0.39 is 0 Å². The third-order valence-corrected chi connectivity index (χ3v) is 4.51. The molecule has 0 bridgehead atoms.